The summed E-state index contributed by atoms with van der Waals surface area (Å²) in [6, 6.07) is 31.5. The van der Waals surface area contributed by atoms with E-state index in [-0.39, 0.29) is 31.3 Å². The lowest BCUT2D eigenvalue weighted by molar-refractivity contribution is -0.117. The minimum Gasteiger partial charge on any atom is -0.303 e. The van der Waals surface area contributed by atoms with Gasteiger partial charge in [-0.15, -0.1) is 32.8 Å². The fraction of sp³-hybridized carbons (Fsp3) is 0.162. The first-order valence-corrected chi connectivity index (χ1v) is 16.9. The first kappa shape index (κ1) is 34.4. The fourth-order valence-corrected chi connectivity index (χ4v) is 6.67. The number of aromatic nitrogens is 6. The van der Waals surface area contributed by atoms with Crippen molar-refractivity contribution in [1.29, 1.82) is 0 Å². The van der Waals surface area contributed by atoms with Crippen molar-refractivity contribution in [2.45, 2.75) is 26.2 Å². The number of nitrogens with one attached hydrogen (secondary N) is 2. The third kappa shape index (κ3) is 6.99. The van der Waals surface area contributed by atoms with Crippen LogP contribution in [0.1, 0.15) is 45.6 Å². The van der Waals surface area contributed by atoms with Crippen molar-refractivity contribution in [1.82, 2.24) is 40.2 Å². The molecule has 2 aliphatic heterocycles. The largest absolute Gasteiger partial charge is 0.303 e. The first-order valence-electron chi connectivity index (χ1n) is 16.1. The lowest BCUT2D eigenvalue weighted by Gasteiger charge is -2.14. The number of ketones is 1. The molecule has 0 unspecified atom stereocenters. The molecule has 6 aromatic rings. The Morgan fingerprint density at radius 1 is 0.608 bits per heavy atom. The molecule has 4 heterocycles. The van der Waals surface area contributed by atoms with E-state index in [1.807, 2.05) is 106 Å². The molecule has 2 aliphatic rings. The Kier molecular flexibility index (Phi) is 10.2. The smallest absolute Gasteiger partial charge is 0.160 e. The van der Waals surface area contributed by atoms with E-state index in [1.54, 1.807) is 0 Å². The topological polar surface area (TPSA) is 127 Å². The summed E-state index contributed by atoms with van der Waals surface area (Å²) in [4.78, 5) is 22.8. The summed E-state index contributed by atoms with van der Waals surface area (Å²) < 4.78 is 3.99. The van der Waals surface area contributed by atoms with Gasteiger partial charge in [0.1, 0.15) is 13.1 Å². The summed E-state index contributed by atoms with van der Waals surface area (Å²) in [7, 11) is 0. The van der Waals surface area contributed by atoms with Gasteiger partial charge in [0.2, 0.25) is 0 Å². The van der Waals surface area contributed by atoms with E-state index in [1.165, 1.54) is 0 Å². The van der Waals surface area contributed by atoms with Crippen LogP contribution < -0.4 is 10.6 Å². The zero-order chi connectivity index (χ0) is 34.0. The minimum absolute atomic E-state index is 0. The van der Waals surface area contributed by atoms with Gasteiger partial charge in [-0.25, -0.2) is 0 Å². The van der Waals surface area contributed by atoms with Crippen molar-refractivity contribution < 1.29 is 4.79 Å². The number of Topliss-reactive ketones (excluding diaryl/α,β-unsaturated/α-hetero) is 1. The van der Waals surface area contributed by atoms with Gasteiger partial charge in [-0.3, -0.25) is 23.9 Å². The number of fused-ring (bicyclic) bond motifs is 6. The summed E-state index contributed by atoms with van der Waals surface area (Å²) in [5.41, 5.74) is 7.23. The molecule has 0 bridgehead atoms. The molecule has 0 radical (unpaired) electrons. The van der Waals surface area contributed by atoms with Gasteiger partial charge in [-0.1, -0.05) is 83.9 Å². The average Bonchev–Trinajstić information content (AvgIpc) is 3.63. The van der Waals surface area contributed by atoms with E-state index in [9.17, 15) is 4.79 Å². The zero-order valence-corrected chi connectivity index (χ0v) is 29.5. The van der Waals surface area contributed by atoms with Gasteiger partial charge in [0.25, 0.3) is 0 Å². The predicted molar refractivity (Wildman–Crippen MR) is 200 cm³/mol. The number of carbonyl (C=O) groups is 1. The number of rotatable bonds is 10. The maximum atomic E-state index is 13.0. The minimum atomic E-state index is -0.0139. The second-order valence-corrected chi connectivity index (χ2v) is 12.7. The van der Waals surface area contributed by atoms with Crippen molar-refractivity contribution in [2.75, 3.05) is 13.1 Å². The van der Waals surface area contributed by atoms with Gasteiger partial charge >= 0.3 is 0 Å². The van der Waals surface area contributed by atoms with Crippen LogP contribution in [0.5, 0.6) is 0 Å². The molecule has 0 fully saturated rings. The van der Waals surface area contributed by atoms with Crippen LogP contribution in [0.3, 0.4) is 0 Å². The number of benzene rings is 4. The quantitative estimate of drug-likeness (QED) is 0.184. The summed E-state index contributed by atoms with van der Waals surface area (Å²) in [6.45, 7) is 1.67. The summed E-state index contributed by atoms with van der Waals surface area (Å²) in [6.07, 6.45) is 0. The van der Waals surface area contributed by atoms with Crippen LogP contribution >= 0.6 is 35.6 Å². The Labute approximate surface area is 309 Å². The number of halogens is 3. The highest BCUT2D eigenvalue weighted by Crippen LogP contribution is 2.30. The van der Waals surface area contributed by atoms with Crippen LogP contribution in [-0.2, 0) is 31.0 Å². The molecule has 0 saturated carbocycles. The Balaban J connectivity index is 0.00000406. The van der Waals surface area contributed by atoms with Gasteiger partial charge < -0.3 is 10.6 Å². The Hall–Kier alpha value is -5.04. The molecule has 11 nitrogen and oxygen atoms in total. The number of carbonyl (C=O) groups excluding carboxylic acids is 1. The van der Waals surface area contributed by atoms with Gasteiger partial charge in [0.05, 0.1) is 49.0 Å². The van der Waals surface area contributed by atoms with E-state index in [0.717, 1.165) is 45.1 Å². The highest BCUT2D eigenvalue weighted by atomic mass is 35.5. The first-order chi connectivity index (χ1) is 24.5. The second-order valence-electron chi connectivity index (χ2n) is 11.9. The Bertz CT molecular complexity index is 2120. The Morgan fingerprint density at radius 2 is 1.04 bits per heavy atom. The van der Waals surface area contributed by atoms with E-state index in [2.05, 4.69) is 31.0 Å². The molecule has 4 aromatic carbocycles. The van der Waals surface area contributed by atoms with Crippen molar-refractivity contribution in [2.24, 2.45) is 9.98 Å². The van der Waals surface area contributed by atoms with E-state index in [4.69, 9.17) is 33.2 Å². The number of hydrogen-bond acceptors (Lipinski definition) is 9. The second kappa shape index (κ2) is 15.1. The molecule has 0 atom stereocenters. The summed E-state index contributed by atoms with van der Waals surface area (Å²) >= 11 is 12.9. The molecule has 2 aromatic heterocycles. The lowest BCUT2D eigenvalue weighted by atomic mass is 10.0. The van der Waals surface area contributed by atoms with E-state index >= 15 is 0 Å². The number of nitrogens with zero attached hydrogens (tertiary/aromatic N) is 8. The third-order valence-corrected chi connectivity index (χ3v) is 9.04. The average molecular weight is 738 g/mol. The number of aliphatic imine (C=N–C) groups is 2. The molecule has 256 valence electrons. The monoisotopic (exact) mass is 736 g/mol. The van der Waals surface area contributed by atoms with Crippen LogP contribution in [0.4, 0.5) is 0 Å². The molecule has 51 heavy (non-hydrogen) atoms. The molecular formula is C37H31Cl3N10O. The number of hydrogen-bond donors (Lipinski definition) is 2. The van der Waals surface area contributed by atoms with E-state index < -0.39 is 0 Å². The maximum absolute atomic E-state index is 13.0. The van der Waals surface area contributed by atoms with Gasteiger partial charge in [-0.05, 0) is 36.4 Å². The summed E-state index contributed by atoms with van der Waals surface area (Å²) in [5.74, 6) is 2.76. The standard InChI is InChI=1S/C37H30Cl2N10O.ClH/c38-25-11-13-30-28(15-25)36(23-7-3-1-4-8-23)42-21-34-46-44-32(48(30)34)19-40-17-27(50)18-41-20-33-45-47-35-22-43-37(24-9-5-2-6-10-24)29-16-26(39)12-14-31(29)49(33)35;/h1-16,40-41H,17-22H2;1H. The van der Waals surface area contributed by atoms with Crippen molar-refractivity contribution >= 4 is 52.8 Å². The van der Waals surface area contributed by atoms with Crippen molar-refractivity contribution in [3.8, 4) is 11.4 Å². The van der Waals surface area contributed by atoms with Gasteiger partial charge in [-0.2, -0.15) is 0 Å². The van der Waals surface area contributed by atoms with Crippen molar-refractivity contribution in [3.05, 3.63) is 153 Å². The van der Waals surface area contributed by atoms with Gasteiger partial charge in [0.15, 0.2) is 29.1 Å². The summed E-state index contributed by atoms with van der Waals surface area (Å²) in [5, 5.41) is 25.5. The lowest BCUT2D eigenvalue weighted by Crippen LogP contribution is -2.32. The molecule has 0 aliphatic carbocycles. The maximum Gasteiger partial charge on any atom is 0.160 e. The van der Waals surface area contributed by atoms with Crippen LogP contribution in [0.2, 0.25) is 10.0 Å². The van der Waals surface area contributed by atoms with Crippen LogP contribution in [0, 0.1) is 0 Å². The fourth-order valence-electron chi connectivity index (χ4n) is 6.33. The molecule has 0 amide bonds. The molecule has 14 heteroatoms. The zero-order valence-electron chi connectivity index (χ0n) is 27.1. The van der Waals surface area contributed by atoms with Crippen LogP contribution in [0.15, 0.2) is 107 Å². The SMILES string of the molecule is Cl.O=C(CNCc1nnc2n1-c1ccc(Cl)cc1C(c1ccccc1)=NC2)CNCc1nnc2n1-c1ccc(Cl)cc1C(c1ccccc1)=NC2. The molecule has 0 spiro atoms. The van der Waals surface area contributed by atoms with Gasteiger partial charge in [0, 0.05) is 32.3 Å². The molecule has 0 saturated heterocycles. The third-order valence-electron chi connectivity index (χ3n) is 8.57. The van der Waals surface area contributed by atoms with E-state index in [0.29, 0.717) is 59.5 Å². The highest BCUT2D eigenvalue weighted by Gasteiger charge is 2.25. The predicted octanol–water partition coefficient (Wildman–Crippen LogP) is 5.73. The van der Waals surface area contributed by atoms with Crippen LogP contribution in [0.25, 0.3) is 11.4 Å². The highest BCUT2D eigenvalue weighted by molar-refractivity contribution is 6.32. The normalized spacial score (nSPS) is 13.0. The molecule has 2 N–H and O–H groups in total. The molecule has 8 rings (SSSR count). The van der Waals surface area contributed by atoms with Crippen molar-refractivity contribution in [3.63, 3.8) is 0 Å². The van der Waals surface area contributed by atoms with Crippen LogP contribution in [-0.4, -0.2) is 59.8 Å². The Morgan fingerprint density at radius 3 is 1.47 bits per heavy atom. The molecular weight excluding hydrogens is 707 g/mol.